The molecule has 0 bridgehead atoms. The molecule has 1 aliphatic heterocycles. The van der Waals surface area contributed by atoms with Crippen LogP contribution < -0.4 is 10.1 Å². The maximum absolute atomic E-state index is 5.33. The van der Waals surface area contributed by atoms with Crippen LogP contribution in [0.15, 0.2) is 36.7 Å². The number of aromatic nitrogens is 2. The summed E-state index contributed by atoms with van der Waals surface area (Å²) in [5.41, 5.74) is 2.43. The molecule has 0 spiro atoms. The van der Waals surface area contributed by atoms with E-state index in [1.807, 2.05) is 18.5 Å². The van der Waals surface area contributed by atoms with Crippen LogP contribution in [-0.2, 0) is 24.2 Å². The van der Waals surface area contributed by atoms with E-state index in [2.05, 4.69) is 38.4 Å². The molecule has 0 aliphatic carbocycles. The van der Waals surface area contributed by atoms with Gasteiger partial charge in [-0.05, 0) is 37.1 Å². The van der Waals surface area contributed by atoms with Crippen LogP contribution in [0.5, 0.6) is 5.75 Å². The molecule has 6 nitrogen and oxygen atoms in total. The van der Waals surface area contributed by atoms with Gasteiger partial charge in [0.05, 0.1) is 13.7 Å². The van der Waals surface area contributed by atoms with Crippen molar-refractivity contribution in [3.63, 3.8) is 0 Å². The van der Waals surface area contributed by atoms with E-state index in [-0.39, 0.29) is 0 Å². The first-order valence-corrected chi connectivity index (χ1v) is 9.64. The minimum Gasteiger partial charge on any atom is -0.497 e. The van der Waals surface area contributed by atoms with Gasteiger partial charge in [0, 0.05) is 57.2 Å². The molecule has 1 aromatic heterocycles. The van der Waals surface area contributed by atoms with Crippen molar-refractivity contribution in [1.82, 2.24) is 20.2 Å². The second kappa shape index (κ2) is 10.3. The Hall–Kier alpha value is -2.02. The van der Waals surface area contributed by atoms with Gasteiger partial charge in [-0.25, -0.2) is 9.97 Å². The first kappa shape index (κ1) is 19.7. The molecule has 146 valence electrons. The minimum atomic E-state index is 0.498. The Morgan fingerprint density at radius 1 is 1.19 bits per heavy atom. The standard InChI is InChI=1S/C21H30N4O2/c1-26-10-8-21-23-13-18(14-24-21)12-22-19-6-4-9-25(16-19)15-17-5-3-7-20(11-17)27-2/h3,5,7,11,13-14,19,22H,4,6,8-10,12,15-16H2,1-2H3. The average molecular weight is 370 g/mol. The Balaban J connectivity index is 1.46. The third-order valence-corrected chi connectivity index (χ3v) is 4.93. The number of ether oxygens (including phenoxy) is 2. The van der Waals surface area contributed by atoms with E-state index in [1.165, 1.54) is 18.4 Å². The molecule has 1 aromatic carbocycles. The Kier molecular flexibility index (Phi) is 7.56. The number of hydrogen-bond donors (Lipinski definition) is 1. The Morgan fingerprint density at radius 2 is 2.04 bits per heavy atom. The molecule has 1 N–H and O–H groups in total. The topological polar surface area (TPSA) is 59.5 Å². The largest absolute Gasteiger partial charge is 0.497 e. The van der Waals surface area contributed by atoms with Crippen LogP contribution in [0.4, 0.5) is 0 Å². The lowest BCUT2D eigenvalue weighted by Crippen LogP contribution is -2.45. The number of methoxy groups -OCH3 is 2. The lowest BCUT2D eigenvalue weighted by molar-refractivity contribution is 0.182. The third-order valence-electron chi connectivity index (χ3n) is 4.93. The Labute approximate surface area is 161 Å². The zero-order valence-electron chi connectivity index (χ0n) is 16.4. The molecule has 0 radical (unpaired) electrons. The van der Waals surface area contributed by atoms with Crippen LogP contribution in [0.1, 0.15) is 29.8 Å². The summed E-state index contributed by atoms with van der Waals surface area (Å²) >= 11 is 0. The van der Waals surface area contributed by atoms with E-state index in [0.717, 1.165) is 49.7 Å². The van der Waals surface area contributed by atoms with Crippen molar-refractivity contribution in [3.8, 4) is 5.75 Å². The molecule has 1 atom stereocenters. The van der Waals surface area contributed by atoms with Gasteiger partial charge in [0.1, 0.15) is 11.6 Å². The number of piperidine rings is 1. The molecule has 27 heavy (non-hydrogen) atoms. The molecule has 0 saturated carbocycles. The van der Waals surface area contributed by atoms with Gasteiger partial charge in [-0.1, -0.05) is 12.1 Å². The fourth-order valence-corrected chi connectivity index (χ4v) is 3.45. The number of hydrogen-bond acceptors (Lipinski definition) is 6. The van der Waals surface area contributed by atoms with Gasteiger partial charge in [0.15, 0.2) is 0 Å². The molecule has 3 rings (SSSR count). The van der Waals surface area contributed by atoms with Gasteiger partial charge in [-0.15, -0.1) is 0 Å². The quantitative estimate of drug-likeness (QED) is 0.732. The summed E-state index contributed by atoms with van der Waals surface area (Å²) in [7, 11) is 3.41. The van der Waals surface area contributed by atoms with Gasteiger partial charge in [-0.3, -0.25) is 4.90 Å². The lowest BCUT2D eigenvalue weighted by Gasteiger charge is -2.33. The number of benzene rings is 1. The molecule has 2 heterocycles. The average Bonchev–Trinajstić information content (AvgIpc) is 2.72. The van der Waals surface area contributed by atoms with Crippen molar-refractivity contribution in [3.05, 3.63) is 53.6 Å². The molecule has 2 aromatic rings. The molecule has 6 heteroatoms. The summed E-state index contributed by atoms with van der Waals surface area (Å²) in [6.07, 6.45) is 7.02. The van der Waals surface area contributed by atoms with Gasteiger partial charge >= 0.3 is 0 Å². The van der Waals surface area contributed by atoms with E-state index < -0.39 is 0 Å². The summed E-state index contributed by atoms with van der Waals surface area (Å²) in [6.45, 7) is 4.63. The fraction of sp³-hybridized carbons (Fsp3) is 0.524. The van der Waals surface area contributed by atoms with Crippen LogP contribution in [0.2, 0.25) is 0 Å². The molecule has 0 amide bonds. The predicted molar refractivity (Wildman–Crippen MR) is 106 cm³/mol. The van der Waals surface area contributed by atoms with Crippen LogP contribution >= 0.6 is 0 Å². The minimum absolute atomic E-state index is 0.498. The van der Waals surface area contributed by atoms with Crippen molar-refractivity contribution < 1.29 is 9.47 Å². The highest BCUT2D eigenvalue weighted by Gasteiger charge is 2.19. The van der Waals surface area contributed by atoms with Gasteiger partial charge in [0.25, 0.3) is 0 Å². The van der Waals surface area contributed by atoms with E-state index in [4.69, 9.17) is 9.47 Å². The maximum atomic E-state index is 5.33. The number of likely N-dealkylation sites (tertiary alicyclic amines) is 1. The van der Waals surface area contributed by atoms with E-state index in [9.17, 15) is 0 Å². The fourth-order valence-electron chi connectivity index (χ4n) is 3.45. The van der Waals surface area contributed by atoms with Crippen LogP contribution in [-0.4, -0.2) is 54.8 Å². The van der Waals surface area contributed by atoms with Gasteiger partial charge < -0.3 is 14.8 Å². The van der Waals surface area contributed by atoms with Crippen molar-refractivity contribution in [2.45, 2.75) is 38.4 Å². The van der Waals surface area contributed by atoms with Crippen molar-refractivity contribution in [1.29, 1.82) is 0 Å². The molecule has 1 saturated heterocycles. The number of nitrogens with zero attached hydrogens (tertiary/aromatic N) is 3. The number of rotatable bonds is 9. The van der Waals surface area contributed by atoms with Crippen LogP contribution in [0, 0.1) is 0 Å². The van der Waals surface area contributed by atoms with Crippen molar-refractivity contribution in [2.24, 2.45) is 0 Å². The molecule has 1 fully saturated rings. The SMILES string of the molecule is COCCc1ncc(CNC2CCCN(Cc3cccc(OC)c3)C2)cn1. The predicted octanol–water partition coefficient (Wildman–Crippen LogP) is 2.43. The molecular formula is C21H30N4O2. The molecule has 1 aliphatic rings. The van der Waals surface area contributed by atoms with E-state index in [1.54, 1.807) is 14.2 Å². The normalized spacial score (nSPS) is 17.8. The monoisotopic (exact) mass is 370 g/mol. The summed E-state index contributed by atoms with van der Waals surface area (Å²) in [5.74, 6) is 1.76. The maximum Gasteiger partial charge on any atom is 0.130 e. The highest BCUT2D eigenvalue weighted by Crippen LogP contribution is 2.17. The zero-order chi connectivity index (χ0) is 18.9. The molecule has 1 unspecified atom stereocenters. The zero-order valence-corrected chi connectivity index (χ0v) is 16.4. The van der Waals surface area contributed by atoms with Crippen LogP contribution in [0.25, 0.3) is 0 Å². The molecular weight excluding hydrogens is 340 g/mol. The smallest absolute Gasteiger partial charge is 0.130 e. The second-order valence-corrected chi connectivity index (χ2v) is 7.06. The summed E-state index contributed by atoms with van der Waals surface area (Å²) < 4.78 is 10.4. The highest BCUT2D eigenvalue weighted by atomic mass is 16.5. The third kappa shape index (κ3) is 6.27. The summed E-state index contributed by atoms with van der Waals surface area (Å²) in [6, 6.07) is 8.84. The summed E-state index contributed by atoms with van der Waals surface area (Å²) in [5, 5.41) is 3.67. The van der Waals surface area contributed by atoms with E-state index >= 15 is 0 Å². The highest BCUT2D eigenvalue weighted by molar-refractivity contribution is 5.28. The second-order valence-electron chi connectivity index (χ2n) is 7.06. The lowest BCUT2D eigenvalue weighted by atomic mass is 10.0. The van der Waals surface area contributed by atoms with Crippen molar-refractivity contribution >= 4 is 0 Å². The first-order chi connectivity index (χ1) is 13.3. The Bertz CT molecular complexity index is 693. The van der Waals surface area contributed by atoms with Gasteiger partial charge in [-0.2, -0.15) is 0 Å². The van der Waals surface area contributed by atoms with Crippen LogP contribution in [0.3, 0.4) is 0 Å². The first-order valence-electron chi connectivity index (χ1n) is 9.64. The summed E-state index contributed by atoms with van der Waals surface area (Å²) in [4.78, 5) is 11.3. The van der Waals surface area contributed by atoms with Gasteiger partial charge in [0.2, 0.25) is 0 Å². The van der Waals surface area contributed by atoms with E-state index in [0.29, 0.717) is 12.6 Å². The van der Waals surface area contributed by atoms with Crippen molar-refractivity contribution in [2.75, 3.05) is 33.9 Å². The Morgan fingerprint density at radius 3 is 2.81 bits per heavy atom. The number of nitrogens with one attached hydrogen (secondary N) is 1.